The number of benzene rings is 1. The summed E-state index contributed by atoms with van der Waals surface area (Å²) in [5.74, 6) is 4.87. The SMILES string of the molecule is Cc1ccc(NC(=O)c2c(N)n(N)c(=O)c3c(N)n[nH]c23)cc1. The molecule has 0 spiro atoms. The van der Waals surface area contributed by atoms with Crippen molar-refractivity contribution < 1.29 is 4.79 Å². The Morgan fingerprint density at radius 1 is 1.26 bits per heavy atom. The van der Waals surface area contributed by atoms with E-state index in [0.717, 1.165) is 5.56 Å². The Labute approximate surface area is 130 Å². The first-order valence-corrected chi connectivity index (χ1v) is 6.71. The molecule has 8 N–H and O–H groups in total. The number of H-pyrrole nitrogens is 1. The molecule has 0 saturated carbocycles. The number of carbonyl (C=O) groups is 1. The molecule has 9 heteroatoms. The largest absolute Gasteiger partial charge is 0.383 e. The lowest BCUT2D eigenvalue weighted by atomic mass is 10.1. The first-order valence-electron chi connectivity index (χ1n) is 6.71. The predicted molar refractivity (Wildman–Crippen MR) is 88.5 cm³/mol. The molecule has 0 aliphatic heterocycles. The van der Waals surface area contributed by atoms with E-state index >= 15 is 0 Å². The summed E-state index contributed by atoms with van der Waals surface area (Å²) >= 11 is 0. The Morgan fingerprint density at radius 3 is 2.57 bits per heavy atom. The van der Waals surface area contributed by atoms with Gasteiger partial charge in [0.15, 0.2) is 5.82 Å². The van der Waals surface area contributed by atoms with E-state index in [2.05, 4.69) is 15.5 Å². The van der Waals surface area contributed by atoms with E-state index in [9.17, 15) is 9.59 Å². The van der Waals surface area contributed by atoms with Crippen molar-refractivity contribution in [3.8, 4) is 0 Å². The van der Waals surface area contributed by atoms with Crippen LogP contribution < -0.4 is 28.2 Å². The highest BCUT2D eigenvalue weighted by atomic mass is 16.2. The first-order chi connectivity index (χ1) is 10.9. The smallest absolute Gasteiger partial charge is 0.283 e. The fourth-order valence-electron chi connectivity index (χ4n) is 2.29. The van der Waals surface area contributed by atoms with E-state index in [0.29, 0.717) is 10.4 Å². The van der Waals surface area contributed by atoms with Gasteiger partial charge in [-0.2, -0.15) is 5.10 Å². The summed E-state index contributed by atoms with van der Waals surface area (Å²) in [4.78, 5) is 24.6. The maximum atomic E-state index is 12.6. The number of carbonyl (C=O) groups excluding carboxylic acids is 1. The van der Waals surface area contributed by atoms with Gasteiger partial charge in [0.1, 0.15) is 16.8 Å². The van der Waals surface area contributed by atoms with Crippen molar-refractivity contribution in [3.05, 3.63) is 45.7 Å². The molecule has 118 valence electrons. The summed E-state index contributed by atoms with van der Waals surface area (Å²) in [5, 5.41) is 9.02. The van der Waals surface area contributed by atoms with Crippen molar-refractivity contribution in [2.24, 2.45) is 0 Å². The summed E-state index contributed by atoms with van der Waals surface area (Å²) in [6.45, 7) is 1.94. The van der Waals surface area contributed by atoms with Crippen molar-refractivity contribution in [2.75, 3.05) is 22.6 Å². The molecule has 2 heterocycles. The summed E-state index contributed by atoms with van der Waals surface area (Å²) < 4.78 is 0.679. The van der Waals surface area contributed by atoms with E-state index in [-0.39, 0.29) is 28.1 Å². The van der Waals surface area contributed by atoms with Crippen LogP contribution in [0.3, 0.4) is 0 Å². The third-order valence-electron chi connectivity index (χ3n) is 3.53. The molecule has 23 heavy (non-hydrogen) atoms. The summed E-state index contributed by atoms with van der Waals surface area (Å²) in [6.07, 6.45) is 0. The van der Waals surface area contributed by atoms with Crippen molar-refractivity contribution in [2.45, 2.75) is 6.92 Å². The molecule has 0 atom stereocenters. The van der Waals surface area contributed by atoms with Gasteiger partial charge in [0, 0.05) is 5.69 Å². The first kappa shape index (κ1) is 14.4. The number of nitrogens with two attached hydrogens (primary N) is 3. The van der Waals surface area contributed by atoms with E-state index in [4.69, 9.17) is 17.3 Å². The third kappa shape index (κ3) is 2.24. The third-order valence-corrected chi connectivity index (χ3v) is 3.53. The molecule has 1 aromatic carbocycles. The molecule has 3 aromatic rings. The minimum Gasteiger partial charge on any atom is -0.383 e. The molecule has 0 saturated heterocycles. The lowest BCUT2D eigenvalue weighted by molar-refractivity contribution is 0.102. The Balaban J connectivity index is 2.14. The van der Waals surface area contributed by atoms with Crippen molar-refractivity contribution in [1.29, 1.82) is 0 Å². The highest BCUT2D eigenvalue weighted by molar-refractivity contribution is 6.16. The van der Waals surface area contributed by atoms with Crippen LogP contribution in [0.2, 0.25) is 0 Å². The fraction of sp³-hybridized carbons (Fsp3) is 0.0714. The Kier molecular flexibility index (Phi) is 3.17. The molecule has 0 bridgehead atoms. The normalized spacial score (nSPS) is 10.8. The number of aromatic amines is 1. The van der Waals surface area contributed by atoms with Gasteiger partial charge in [-0.25, -0.2) is 4.68 Å². The second kappa shape index (κ2) is 5.05. The number of aromatic nitrogens is 3. The number of nitrogens with zero attached hydrogens (tertiary/aromatic N) is 2. The highest BCUT2D eigenvalue weighted by Crippen LogP contribution is 2.23. The van der Waals surface area contributed by atoms with Gasteiger partial charge in [0.2, 0.25) is 0 Å². The standard InChI is InChI=1S/C14H15N7O2/c1-6-2-4-7(5-3-6)18-13(22)9-10-8(11(15)20-19-10)14(23)21(17)12(9)16/h2-5H,16-17H2,1H3,(H,18,22)(H3,15,19,20). The number of amides is 1. The average molecular weight is 313 g/mol. The van der Waals surface area contributed by atoms with Crippen LogP contribution in [0.4, 0.5) is 17.3 Å². The van der Waals surface area contributed by atoms with Gasteiger partial charge < -0.3 is 22.6 Å². The van der Waals surface area contributed by atoms with Crippen LogP contribution in [-0.2, 0) is 0 Å². The van der Waals surface area contributed by atoms with Crippen molar-refractivity contribution >= 4 is 34.1 Å². The summed E-state index contributed by atoms with van der Waals surface area (Å²) in [5.41, 5.74) is 12.6. The van der Waals surface area contributed by atoms with Crippen LogP contribution in [0.1, 0.15) is 15.9 Å². The number of pyridine rings is 1. The Morgan fingerprint density at radius 2 is 1.91 bits per heavy atom. The lowest BCUT2D eigenvalue weighted by Crippen LogP contribution is -2.32. The minimum absolute atomic E-state index is 0.00637. The number of aryl methyl sites for hydroxylation is 1. The van der Waals surface area contributed by atoms with Gasteiger partial charge >= 0.3 is 0 Å². The van der Waals surface area contributed by atoms with E-state index in [1.165, 1.54) is 0 Å². The molecule has 1 amide bonds. The molecule has 0 aliphatic carbocycles. The van der Waals surface area contributed by atoms with Crippen LogP contribution in [0.5, 0.6) is 0 Å². The molecular formula is C14H15N7O2. The number of hydrogen-bond acceptors (Lipinski definition) is 6. The predicted octanol–water partition coefficient (Wildman–Crippen LogP) is 0.164. The molecule has 0 aliphatic rings. The van der Waals surface area contributed by atoms with Gasteiger partial charge in [-0.1, -0.05) is 17.7 Å². The van der Waals surface area contributed by atoms with Gasteiger partial charge in [0.05, 0.1) is 5.52 Å². The topological polar surface area (TPSA) is 158 Å². The molecule has 0 unspecified atom stereocenters. The van der Waals surface area contributed by atoms with Gasteiger partial charge in [0.25, 0.3) is 11.5 Å². The number of hydrogen-bond donors (Lipinski definition) is 5. The monoisotopic (exact) mass is 313 g/mol. The number of fused-ring (bicyclic) bond motifs is 1. The molecular weight excluding hydrogens is 298 g/mol. The maximum absolute atomic E-state index is 12.6. The van der Waals surface area contributed by atoms with E-state index in [1.807, 2.05) is 19.1 Å². The Hall–Kier alpha value is -3.49. The summed E-state index contributed by atoms with van der Waals surface area (Å²) in [6, 6.07) is 7.21. The molecule has 9 nitrogen and oxygen atoms in total. The van der Waals surface area contributed by atoms with Crippen LogP contribution in [0.15, 0.2) is 29.1 Å². The van der Waals surface area contributed by atoms with Crippen LogP contribution >= 0.6 is 0 Å². The molecule has 0 fully saturated rings. The fourth-order valence-corrected chi connectivity index (χ4v) is 2.29. The average Bonchev–Trinajstić information content (AvgIpc) is 2.89. The van der Waals surface area contributed by atoms with Crippen LogP contribution in [-0.4, -0.2) is 20.8 Å². The minimum atomic E-state index is -0.629. The van der Waals surface area contributed by atoms with E-state index in [1.54, 1.807) is 12.1 Å². The molecule has 0 radical (unpaired) electrons. The second-order valence-electron chi connectivity index (χ2n) is 5.11. The van der Waals surface area contributed by atoms with Gasteiger partial charge in [-0.3, -0.25) is 14.7 Å². The molecule has 2 aromatic heterocycles. The number of anilines is 3. The van der Waals surface area contributed by atoms with Gasteiger partial charge in [-0.15, -0.1) is 0 Å². The highest BCUT2D eigenvalue weighted by Gasteiger charge is 2.23. The zero-order chi connectivity index (χ0) is 16.7. The maximum Gasteiger partial charge on any atom is 0.283 e. The number of nitrogens with one attached hydrogen (secondary N) is 2. The molecule has 3 rings (SSSR count). The number of nitrogen functional groups attached to an aromatic ring is 3. The van der Waals surface area contributed by atoms with Gasteiger partial charge in [-0.05, 0) is 19.1 Å². The second-order valence-corrected chi connectivity index (χ2v) is 5.11. The zero-order valence-corrected chi connectivity index (χ0v) is 12.3. The van der Waals surface area contributed by atoms with E-state index < -0.39 is 11.5 Å². The van der Waals surface area contributed by atoms with Crippen LogP contribution in [0.25, 0.3) is 10.9 Å². The zero-order valence-electron chi connectivity index (χ0n) is 12.3. The Bertz CT molecular complexity index is 969. The number of rotatable bonds is 2. The summed E-state index contributed by atoms with van der Waals surface area (Å²) in [7, 11) is 0. The van der Waals surface area contributed by atoms with Crippen LogP contribution in [0, 0.1) is 6.92 Å². The quantitative estimate of drug-likeness (QED) is 0.424. The lowest BCUT2D eigenvalue weighted by Gasteiger charge is -2.11. The van der Waals surface area contributed by atoms with Crippen molar-refractivity contribution in [1.82, 2.24) is 14.9 Å². The van der Waals surface area contributed by atoms with Crippen molar-refractivity contribution in [3.63, 3.8) is 0 Å².